The summed E-state index contributed by atoms with van der Waals surface area (Å²) in [5.74, 6) is 0.443. The quantitative estimate of drug-likeness (QED) is 0.890. The minimum absolute atomic E-state index is 0. The predicted octanol–water partition coefficient (Wildman–Crippen LogP) is 2.44. The first kappa shape index (κ1) is 17.0. The lowest BCUT2D eigenvalue weighted by Crippen LogP contribution is -2.46. The van der Waals surface area contributed by atoms with Gasteiger partial charge in [-0.15, -0.1) is 12.4 Å². The third-order valence-corrected chi connectivity index (χ3v) is 6.87. The summed E-state index contributed by atoms with van der Waals surface area (Å²) in [5, 5.41) is 3.95. The van der Waals surface area contributed by atoms with Crippen molar-refractivity contribution in [3.8, 4) is 0 Å². The molecule has 2 unspecified atom stereocenters. The number of benzene rings is 1. The monoisotopic (exact) mass is 350 g/mol. The minimum atomic E-state index is -3.43. The highest BCUT2D eigenvalue weighted by molar-refractivity contribution is 7.89. The van der Waals surface area contributed by atoms with E-state index in [9.17, 15) is 8.42 Å². The van der Waals surface area contributed by atoms with Crippen molar-refractivity contribution in [2.45, 2.75) is 30.7 Å². The smallest absolute Gasteiger partial charge is 0.243 e. The average molecular weight is 351 g/mol. The van der Waals surface area contributed by atoms with Crippen LogP contribution >= 0.6 is 24.0 Å². The molecule has 0 bridgehead atoms. The molecule has 0 radical (unpaired) electrons. The van der Waals surface area contributed by atoms with Crippen molar-refractivity contribution in [2.75, 3.05) is 19.6 Å². The van der Waals surface area contributed by atoms with Gasteiger partial charge in [0, 0.05) is 24.2 Å². The second-order valence-electron chi connectivity index (χ2n) is 5.62. The highest BCUT2D eigenvalue weighted by atomic mass is 35.5. The van der Waals surface area contributed by atoms with Crippen LogP contribution in [0.2, 0.25) is 5.02 Å². The van der Waals surface area contributed by atoms with E-state index in [1.54, 1.807) is 29.4 Å². The zero-order chi connectivity index (χ0) is 14.3. The Kier molecular flexibility index (Phi) is 5.21. The van der Waals surface area contributed by atoms with Gasteiger partial charge in [0.05, 0.1) is 4.90 Å². The van der Waals surface area contributed by atoms with Crippen LogP contribution in [0.4, 0.5) is 0 Å². The maximum Gasteiger partial charge on any atom is 0.243 e. The summed E-state index contributed by atoms with van der Waals surface area (Å²) in [5.41, 5.74) is 0.640. The molecule has 0 aromatic heterocycles. The molecule has 1 N–H and O–H groups in total. The van der Waals surface area contributed by atoms with Gasteiger partial charge in [-0.2, -0.15) is 4.31 Å². The molecule has 1 aromatic carbocycles. The number of fused-ring (bicyclic) bond motifs is 1. The topological polar surface area (TPSA) is 49.4 Å². The number of rotatable bonds is 2. The van der Waals surface area contributed by atoms with E-state index in [1.165, 1.54) is 0 Å². The molecule has 0 amide bonds. The third kappa shape index (κ3) is 3.08. The molecule has 2 heterocycles. The van der Waals surface area contributed by atoms with Crippen molar-refractivity contribution in [2.24, 2.45) is 5.92 Å². The van der Waals surface area contributed by atoms with E-state index in [4.69, 9.17) is 11.6 Å². The van der Waals surface area contributed by atoms with Gasteiger partial charge in [0.15, 0.2) is 0 Å². The van der Waals surface area contributed by atoms with Gasteiger partial charge in [-0.05, 0) is 49.9 Å². The molecule has 0 saturated carbocycles. The van der Waals surface area contributed by atoms with Gasteiger partial charge in [-0.1, -0.05) is 17.7 Å². The van der Waals surface area contributed by atoms with Crippen LogP contribution in [0.3, 0.4) is 0 Å². The Balaban J connectivity index is 0.00000161. The van der Waals surface area contributed by atoms with Crippen LogP contribution in [0.25, 0.3) is 0 Å². The maximum absolute atomic E-state index is 12.8. The highest BCUT2D eigenvalue weighted by Gasteiger charge is 2.38. The summed E-state index contributed by atoms with van der Waals surface area (Å²) in [6.45, 7) is 3.97. The molecule has 2 fully saturated rings. The first-order chi connectivity index (χ1) is 9.50. The molecule has 0 spiro atoms. The van der Waals surface area contributed by atoms with Crippen molar-refractivity contribution < 1.29 is 8.42 Å². The number of hydrogen-bond donors (Lipinski definition) is 1. The SMILES string of the molecule is Cc1c(Cl)cccc1S(=O)(=O)N1CCC2NCCC2C1.Cl. The zero-order valence-electron chi connectivity index (χ0n) is 11.9. The van der Waals surface area contributed by atoms with E-state index in [1.807, 2.05) is 0 Å². The molecule has 7 heteroatoms. The Bertz CT molecular complexity index is 621. The van der Waals surface area contributed by atoms with Crippen molar-refractivity contribution in [1.29, 1.82) is 0 Å². The number of hydrogen-bond acceptors (Lipinski definition) is 3. The molecule has 0 aliphatic carbocycles. The van der Waals surface area contributed by atoms with Crippen LogP contribution in [0.5, 0.6) is 0 Å². The zero-order valence-corrected chi connectivity index (χ0v) is 14.3. The van der Waals surface area contributed by atoms with Crippen molar-refractivity contribution >= 4 is 34.0 Å². The van der Waals surface area contributed by atoms with Crippen molar-refractivity contribution in [1.82, 2.24) is 9.62 Å². The number of nitrogens with zero attached hydrogens (tertiary/aromatic N) is 1. The van der Waals surface area contributed by atoms with Crippen LogP contribution < -0.4 is 5.32 Å². The van der Waals surface area contributed by atoms with Crippen LogP contribution in [0, 0.1) is 12.8 Å². The lowest BCUT2D eigenvalue weighted by molar-refractivity contribution is 0.247. The van der Waals surface area contributed by atoms with E-state index < -0.39 is 10.0 Å². The third-order valence-electron chi connectivity index (χ3n) is 4.45. The molecule has 21 heavy (non-hydrogen) atoms. The fourth-order valence-electron chi connectivity index (χ4n) is 3.24. The van der Waals surface area contributed by atoms with E-state index in [2.05, 4.69) is 5.32 Å². The number of nitrogens with one attached hydrogen (secondary N) is 1. The number of piperidine rings is 1. The standard InChI is InChI=1S/C14H19ClN2O2S.ClH/c1-10-12(15)3-2-4-14(10)20(18,19)17-8-6-13-11(9-17)5-7-16-13;/h2-4,11,13,16H,5-9H2,1H3;1H. The van der Waals surface area contributed by atoms with Gasteiger partial charge >= 0.3 is 0 Å². The number of sulfonamides is 1. The fraction of sp³-hybridized carbons (Fsp3) is 0.571. The average Bonchev–Trinajstić information content (AvgIpc) is 2.89. The van der Waals surface area contributed by atoms with Crippen LogP contribution in [-0.2, 0) is 10.0 Å². The maximum atomic E-state index is 12.8. The van der Waals surface area contributed by atoms with Gasteiger partial charge in [0.25, 0.3) is 0 Å². The van der Waals surface area contributed by atoms with Crippen LogP contribution in [0.1, 0.15) is 18.4 Å². The summed E-state index contributed by atoms with van der Waals surface area (Å²) < 4.78 is 27.2. The van der Waals surface area contributed by atoms with Gasteiger partial charge < -0.3 is 5.32 Å². The van der Waals surface area contributed by atoms with Crippen molar-refractivity contribution in [3.63, 3.8) is 0 Å². The Hall–Kier alpha value is -0.330. The fourth-order valence-corrected chi connectivity index (χ4v) is 5.23. The van der Waals surface area contributed by atoms with Crippen LogP contribution in [-0.4, -0.2) is 38.4 Å². The Morgan fingerprint density at radius 2 is 2.10 bits per heavy atom. The van der Waals surface area contributed by atoms with E-state index in [0.717, 1.165) is 19.4 Å². The number of halogens is 2. The van der Waals surface area contributed by atoms with Crippen molar-refractivity contribution in [3.05, 3.63) is 28.8 Å². The molecule has 118 valence electrons. The lowest BCUT2D eigenvalue weighted by atomic mass is 9.95. The summed E-state index contributed by atoms with van der Waals surface area (Å²) in [6, 6.07) is 5.56. The minimum Gasteiger partial charge on any atom is -0.314 e. The normalized spacial score (nSPS) is 26.2. The Morgan fingerprint density at radius 1 is 1.33 bits per heavy atom. The second-order valence-corrected chi connectivity index (χ2v) is 7.94. The molecule has 2 atom stereocenters. The first-order valence-corrected chi connectivity index (χ1v) is 8.80. The largest absolute Gasteiger partial charge is 0.314 e. The molecule has 2 saturated heterocycles. The molecule has 2 aliphatic rings. The van der Waals surface area contributed by atoms with Gasteiger partial charge in [-0.25, -0.2) is 8.42 Å². The molecule has 4 nitrogen and oxygen atoms in total. The summed E-state index contributed by atoms with van der Waals surface area (Å²) in [7, 11) is -3.43. The van der Waals surface area contributed by atoms with Gasteiger partial charge in [-0.3, -0.25) is 0 Å². The predicted molar refractivity (Wildman–Crippen MR) is 86.7 cm³/mol. The first-order valence-electron chi connectivity index (χ1n) is 6.99. The Morgan fingerprint density at radius 3 is 2.86 bits per heavy atom. The Labute approximate surface area is 137 Å². The molecular formula is C14H20Cl2N2O2S. The molecule has 1 aromatic rings. The van der Waals surface area contributed by atoms with E-state index in [-0.39, 0.29) is 12.4 Å². The van der Waals surface area contributed by atoms with E-state index in [0.29, 0.717) is 40.5 Å². The van der Waals surface area contributed by atoms with E-state index >= 15 is 0 Å². The second kappa shape index (κ2) is 6.42. The lowest BCUT2D eigenvalue weighted by Gasteiger charge is -2.34. The van der Waals surface area contributed by atoms with Crippen LogP contribution in [0.15, 0.2) is 23.1 Å². The molecular weight excluding hydrogens is 331 g/mol. The van der Waals surface area contributed by atoms with Gasteiger partial charge in [0.2, 0.25) is 10.0 Å². The molecule has 3 rings (SSSR count). The highest BCUT2D eigenvalue weighted by Crippen LogP contribution is 2.31. The molecule has 2 aliphatic heterocycles. The summed E-state index contributed by atoms with van der Waals surface area (Å²) >= 11 is 6.05. The van der Waals surface area contributed by atoms with Gasteiger partial charge in [0.1, 0.15) is 0 Å². The summed E-state index contributed by atoms with van der Waals surface area (Å²) in [6.07, 6.45) is 1.95. The summed E-state index contributed by atoms with van der Waals surface area (Å²) in [4.78, 5) is 0.342.